The van der Waals surface area contributed by atoms with Crippen LogP contribution in [0.15, 0.2) is 15.9 Å². The minimum atomic E-state index is 0.498. The Balaban J connectivity index is 2.12. The lowest BCUT2D eigenvalue weighted by Gasteiger charge is -2.27. The molecule has 0 aromatic carbocycles. The van der Waals surface area contributed by atoms with Gasteiger partial charge in [0.15, 0.2) is 0 Å². The van der Waals surface area contributed by atoms with Gasteiger partial charge in [0.1, 0.15) is 0 Å². The van der Waals surface area contributed by atoms with Crippen molar-refractivity contribution in [3.05, 3.63) is 20.8 Å². The molecule has 2 unspecified atom stereocenters. The number of nitrogens with one attached hydrogen (secondary N) is 1. The van der Waals surface area contributed by atoms with Crippen LogP contribution in [0.1, 0.15) is 23.6 Å². The van der Waals surface area contributed by atoms with Crippen LogP contribution in [-0.2, 0) is 0 Å². The molecular formula is C9H12BrNS2. The lowest BCUT2D eigenvalue weighted by Crippen LogP contribution is -2.33. The maximum atomic E-state index is 3.60. The number of hydrogen-bond donors (Lipinski definition) is 1. The highest BCUT2D eigenvalue weighted by atomic mass is 79.9. The van der Waals surface area contributed by atoms with Crippen LogP contribution in [0.4, 0.5) is 0 Å². The molecule has 0 bridgehead atoms. The molecular weight excluding hydrogens is 266 g/mol. The van der Waals surface area contributed by atoms with Gasteiger partial charge in [-0.3, -0.25) is 5.32 Å². The van der Waals surface area contributed by atoms with Gasteiger partial charge in [-0.05, 0) is 46.5 Å². The van der Waals surface area contributed by atoms with E-state index in [2.05, 4.69) is 39.6 Å². The maximum absolute atomic E-state index is 3.60. The second kappa shape index (κ2) is 4.34. The molecule has 2 rings (SSSR count). The maximum Gasteiger partial charge on any atom is 0.0896 e. The zero-order chi connectivity index (χ0) is 9.26. The molecule has 2 heterocycles. The van der Waals surface area contributed by atoms with E-state index >= 15 is 0 Å². The standard InChI is InChI=1S/C9H12BrNS2/c1-6-2-4-13-9(11-6)8-7(10)3-5-12-8/h3,5-6,9,11H,2,4H2,1H3. The molecule has 1 saturated heterocycles. The summed E-state index contributed by atoms with van der Waals surface area (Å²) in [7, 11) is 0. The molecule has 1 aliphatic heterocycles. The highest BCUT2D eigenvalue weighted by Crippen LogP contribution is 2.38. The molecule has 1 N–H and O–H groups in total. The summed E-state index contributed by atoms with van der Waals surface area (Å²) in [5.41, 5.74) is 0. The Kier molecular flexibility index (Phi) is 3.35. The molecule has 1 fully saturated rings. The minimum absolute atomic E-state index is 0.498. The Morgan fingerprint density at radius 1 is 1.62 bits per heavy atom. The van der Waals surface area contributed by atoms with Gasteiger partial charge >= 0.3 is 0 Å². The second-order valence-corrected chi connectivity index (χ2v) is 6.26. The molecule has 1 nitrogen and oxygen atoms in total. The van der Waals surface area contributed by atoms with Crippen molar-refractivity contribution in [2.75, 3.05) is 5.75 Å². The number of hydrogen-bond acceptors (Lipinski definition) is 3. The van der Waals surface area contributed by atoms with Gasteiger partial charge in [0, 0.05) is 15.4 Å². The van der Waals surface area contributed by atoms with Gasteiger partial charge in [0.25, 0.3) is 0 Å². The van der Waals surface area contributed by atoms with E-state index in [1.165, 1.54) is 21.5 Å². The van der Waals surface area contributed by atoms with Crippen molar-refractivity contribution in [1.29, 1.82) is 0 Å². The number of halogens is 1. The van der Waals surface area contributed by atoms with Crippen LogP contribution in [0, 0.1) is 0 Å². The summed E-state index contributed by atoms with van der Waals surface area (Å²) >= 11 is 7.41. The quantitative estimate of drug-likeness (QED) is 0.842. The molecule has 0 spiro atoms. The zero-order valence-electron chi connectivity index (χ0n) is 7.42. The van der Waals surface area contributed by atoms with E-state index in [0.717, 1.165) is 0 Å². The van der Waals surface area contributed by atoms with Gasteiger partial charge in [-0.15, -0.1) is 23.1 Å². The second-order valence-electron chi connectivity index (χ2n) is 3.24. The number of rotatable bonds is 1. The summed E-state index contributed by atoms with van der Waals surface area (Å²) in [6.07, 6.45) is 1.28. The third-order valence-electron chi connectivity index (χ3n) is 2.15. The Labute approximate surface area is 95.4 Å². The molecule has 0 aliphatic carbocycles. The largest absolute Gasteiger partial charge is 0.298 e. The minimum Gasteiger partial charge on any atom is -0.298 e. The van der Waals surface area contributed by atoms with E-state index in [9.17, 15) is 0 Å². The van der Waals surface area contributed by atoms with E-state index < -0.39 is 0 Å². The molecule has 4 heteroatoms. The number of thiophene rings is 1. The predicted octanol–water partition coefficient (Wildman–Crippen LogP) is 3.62. The summed E-state index contributed by atoms with van der Waals surface area (Å²) < 4.78 is 1.25. The molecule has 1 aromatic rings. The monoisotopic (exact) mass is 277 g/mol. The molecule has 1 aliphatic rings. The smallest absolute Gasteiger partial charge is 0.0896 e. The third kappa shape index (κ3) is 2.29. The summed E-state index contributed by atoms with van der Waals surface area (Å²) in [5.74, 6) is 1.27. The van der Waals surface area contributed by atoms with Crippen molar-refractivity contribution in [2.24, 2.45) is 0 Å². The Bertz CT molecular complexity index is 287. The first-order chi connectivity index (χ1) is 6.27. The van der Waals surface area contributed by atoms with Crippen molar-refractivity contribution in [2.45, 2.75) is 24.8 Å². The van der Waals surface area contributed by atoms with Gasteiger partial charge in [-0.2, -0.15) is 0 Å². The topological polar surface area (TPSA) is 12.0 Å². The summed E-state index contributed by atoms with van der Waals surface area (Å²) in [5, 5.41) is 6.24. The van der Waals surface area contributed by atoms with Crippen LogP contribution in [0.5, 0.6) is 0 Å². The molecule has 0 radical (unpaired) electrons. The average Bonchev–Trinajstić information content (AvgIpc) is 2.51. The fourth-order valence-electron chi connectivity index (χ4n) is 1.40. The molecule has 0 amide bonds. The number of thioether (sulfide) groups is 1. The summed E-state index contributed by atoms with van der Waals surface area (Å²) in [6.45, 7) is 2.26. The molecule has 0 saturated carbocycles. The van der Waals surface area contributed by atoms with Crippen molar-refractivity contribution in [3.8, 4) is 0 Å². The average molecular weight is 278 g/mol. The van der Waals surface area contributed by atoms with Crippen molar-refractivity contribution >= 4 is 39.0 Å². The van der Waals surface area contributed by atoms with Crippen LogP contribution in [-0.4, -0.2) is 11.8 Å². The SMILES string of the molecule is CC1CCSC(c2sccc2Br)N1. The van der Waals surface area contributed by atoms with E-state index in [1.807, 2.05) is 23.1 Å². The van der Waals surface area contributed by atoms with Gasteiger partial charge in [0.2, 0.25) is 0 Å². The highest BCUT2D eigenvalue weighted by molar-refractivity contribution is 9.10. The molecule has 2 atom stereocenters. The first kappa shape index (κ1) is 10.0. The van der Waals surface area contributed by atoms with Crippen molar-refractivity contribution in [3.63, 3.8) is 0 Å². The van der Waals surface area contributed by atoms with Crippen LogP contribution < -0.4 is 5.32 Å². The van der Waals surface area contributed by atoms with E-state index in [-0.39, 0.29) is 0 Å². The highest BCUT2D eigenvalue weighted by Gasteiger charge is 2.22. The van der Waals surface area contributed by atoms with E-state index in [1.54, 1.807) is 0 Å². The van der Waals surface area contributed by atoms with Crippen LogP contribution in [0.25, 0.3) is 0 Å². The fourth-order valence-corrected chi connectivity index (χ4v) is 4.79. The first-order valence-electron chi connectivity index (χ1n) is 4.38. The molecule has 13 heavy (non-hydrogen) atoms. The Hall–Kier alpha value is 0.490. The lowest BCUT2D eigenvalue weighted by molar-refractivity contribution is 0.515. The van der Waals surface area contributed by atoms with Gasteiger partial charge < -0.3 is 0 Å². The zero-order valence-corrected chi connectivity index (χ0v) is 10.6. The van der Waals surface area contributed by atoms with Crippen molar-refractivity contribution in [1.82, 2.24) is 5.32 Å². The summed E-state index contributed by atoms with van der Waals surface area (Å²) in [4.78, 5) is 1.43. The summed E-state index contributed by atoms with van der Waals surface area (Å²) in [6, 6.07) is 2.78. The predicted molar refractivity (Wildman–Crippen MR) is 64.4 cm³/mol. The van der Waals surface area contributed by atoms with Gasteiger partial charge in [0.05, 0.1) is 5.37 Å². The van der Waals surface area contributed by atoms with Gasteiger partial charge in [-0.25, -0.2) is 0 Å². The lowest BCUT2D eigenvalue weighted by atomic mass is 10.2. The normalized spacial score (nSPS) is 29.1. The van der Waals surface area contributed by atoms with Crippen LogP contribution >= 0.6 is 39.0 Å². The first-order valence-corrected chi connectivity index (χ1v) is 7.10. The Morgan fingerprint density at radius 2 is 2.46 bits per heavy atom. The molecule has 1 aromatic heterocycles. The molecule has 72 valence electrons. The van der Waals surface area contributed by atoms with E-state index in [0.29, 0.717) is 11.4 Å². The fraction of sp³-hybridized carbons (Fsp3) is 0.556. The Morgan fingerprint density at radius 3 is 3.08 bits per heavy atom. The van der Waals surface area contributed by atoms with Crippen LogP contribution in [0.2, 0.25) is 0 Å². The van der Waals surface area contributed by atoms with Gasteiger partial charge in [-0.1, -0.05) is 0 Å². The van der Waals surface area contributed by atoms with E-state index in [4.69, 9.17) is 0 Å². The van der Waals surface area contributed by atoms with Crippen LogP contribution in [0.3, 0.4) is 0 Å². The third-order valence-corrected chi connectivity index (χ3v) is 5.42. The van der Waals surface area contributed by atoms with Crippen molar-refractivity contribution < 1.29 is 0 Å².